The Morgan fingerprint density at radius 1 is 0.750 bits per heavy atom. The topological polar surface area (TPSA) is 89.1 Å². The van der Waals surface area contributed by atoms with Gasteiger partial charge in [-0.1, -0.05) is 24.3 Å². The first-order valence-electron chi connectivity index (χ1n) is 8.32. The van der Waals surface area contributed by atoms with E-state index in [0.29, 0.717) is 12.2 Å². The number of nitrogens with two attached hydrogens (primary N) is 2. The van der Waals surface area contributed by atoms with Crippen LogP contribution in [0, 0.1) is 0 Å². The molecule has 0 saturated carbocycles. The van der Waals surface area contributed by atoms with Gasteiger partial charge in [-0.25, -0.2) is 0 Å². The van der Waals surface area contributed by atoms with Crippen molar-refractivity contribution in [1.82, 2.24) is 5.32 Å². The van der Waals surface area contributed by atoms with E-state index in [9.17, 15) is 0 Å². The van der Waals surface area contributed by atoms with Gasteiger partial charge in [0.05, 0.1) is 25.4 Å². The highest BCUT2D eigenvalue weighted by molar-refractivity contribution is 5.43. The molecule has 2 aliphatic rings. The standard InChI is InChI=1S/C13H14N2.C6H11NO2/c14-12-5-1-10(2-6-12)9-11-3-7-13(15)8-4-11;1(5-3-8-5)7-2-6-4-9-6/h1-8H,9,14-15H2;5-7H,1-4H2. The zero-order valence-corrected chi connectivity index (χ0v) is 13.8. The molecule has 128 valence electrons. The summed E-state index contributed by atoms with van der Waals surface area (Å²) in [5.74, 6) is 0. The Morgan fingerprint density at radius 2 is 1.12 bits per heavy atom. The number of epoxide rings is 2. The van der Waals surface area contributed by atoms with Crippen molar-refractivity contribution >= 4 is 11.4 Å². The molecule has 0 aliphatic carbocycles. The van der Waals surface area contributed by atoms with E-state index in [1.54, 1.807) is 0 Å². The van der Waals surface area contributed by atoms with Gasteiger partial charge < -0.3 is 26.3 Å². The highest BCUT2D eigenvalue weighted by atomic mass is 16.6. The van der Waals surface area contributed by atoms with Crippen LogP contribution in [0.4, 0.5) is 11.4 Å². The second kappa shape index (κ2) is 8.15. The van der Waals surface area contributed by atoms with Gasteiger partial charge in [0, 0.05) is 24.5 Å². The molecule has 0 bridgehead atoms. The Bertz CT molecular complexity index is 565. The molecule has 2 aliphatic heterocycles. The van der Waals surface area contributed by atoms with Gasteiger partial charge >= 0.3 is 0 Å². The molecule has 0 amide bonds. The number of hydrogen-bond donors (Lipinski definition) is 3. The third-order valence-corrected chi connectivity index (χ3v) is 3.92. The molecule has 5 heteroatoms. The number of anilines is 2. The summed E-state index contributed by atoms with van der Waals surface area (Å²) in [5, 5.41) is 3.26. The first-order chi connectivity index (χ1) is 11.7. The maximum atomic E-state index is 5.62. The van der Waals surface area contributed by atoms with Crippen molar-refractivity contribution in [3.05, 3.63) is 59.7 Å². The zero-order valence-electron chi connectivity index (χ0n) is 13.8. The van der Waals surface area contributed by atoms with Crippen LogP contribution in [0.3, 0.4) is 0 Å². The molecule has 4 rings (SSSR count). The van der Waals surface area contributed by atoms with Crippen LogP contribution in [0.2, 0.25) is 0 Å². The predicted molar refractivity (Wildman–Crippen MR) is 96.9 cm³/mol. The Labute approximate surface area is 142 Å². The Balaban J connectivity index is 0.000000159. The molecular formula is C19H25N3O2. The van der Waals surface area contributed by atoms with E-state index in [0.717, 1.165) is 44.1 Å². The van der Waals surface area contributed by atoms with Crippen LogP contribution in [0.25, 0.3) is 0 Å². The van der Waals surface area contributed by atoms with Gasteiger partial charge in [-0.3, -0.25) is 0 Å². The zero-order chi connectivity index (χ0) is 16.8. The van der Waals surface area contributed by atoms with E-state index >= 15 is 0 Å². The maximum Gasteiger partial charge on any atom is 0.0933 e. The normalized spacial score (nSPS) is 20.8. The average Bonchev–Trinajstić information content (AvgIpc) is 3.48. The first-order valence-corrected chi connectivity index (χ1v) is 8.32. The van der Waals surface area contributed by atoms with Gasteiger partial charge in [-0.15, -0.1) is 0 Å². The highest BCUT2D eigenvalue weighted by Gasteiger charge is 2.25. The number of hydrogen-bond acceptors (Lipinski definition) is 5. The molecule has 2 aromatic carbocycles. The van der Waals surface area contributed by atoms with Gasteiger partial charge in [0.1, 0.15) is 0 Å². The van der Waals surface area contributed by atoms with Crippen LogP contribution >= 0.6 is 0 Å². The average molecular weight is 327 g/mol. The van der Waals surface area contributed by atoms with Crippen molar-refractivity contribution in [3.8, 4) is 0 Å². The van der Waals surface area contributed by atoms with Gasteiger partial charge in [-0.2, -0.15) is 0 Å². The molecule has 2 saturated heterocycles. The molecule has 24 heavy (non-hydrogen) atoms. The molecule has 0 aromatic heterocycles. The van der Waals surface area contributed by atoms with Gasteiger partial charge in [0.15, 0.2) is 0 Å². The summed E-state index contributed by atoms with van der Waals surface area (Å²) in [6, 6.07) is 15.9. The molecule has 0 radical (unpaired) electrons. The largest absolute Gasteiger partial charge is 0.399 e. The van der Waals surface area contributed by atoms with Crippen molar-refractivity contribution in [1.29, 1.82) is 0 Å². The van der Waals surface area contributed by atoms with Gasteiger partial charge in [0.25, 0.3) is 0 Å². The minimum atomic E-state index is 0.503. The third kappa shape index (κ3) is 6.20. The van der Waals surface area contributed by atoms with E-state index in [4.69, 9.17) is 20.9 Å². The lowest BCUT2D eigenvalue weighted by Crippen LogP contribution is -2.24. The number of ether oxygens (including phenoxy) is 2. The van der Waals surface area contributed by atoms with Crippen molar-refractivity contribution in [2.75, 3.05) is 37.8 Å². The summed E-state index contributed by atoms with van der Waals surface area (Å²) in [6.07, 6.45) is 1.92. The summed E-state index contributed by atoms with van der Waals surface area (Å²) < 4.78 is 10.0. The van der Waals surface area contributed by atoms with Crippen LogP contribution in [0.1, 0.15) is 11.1 Å². The van der Waals surface area contributed by atoms with E-state index < -0.39 is 0 Å². The van der Waals surface area contributed by atoms with E-state index in [2.05, 4.69) is 5.32 Å². The quantitative estimate of drug-likeness (QED) is 0.556. The van der Waals surface area contributed by atoms with Crippen LogP contribution in [-0.4, -0.2) is 38.5 Å². The molecule has 5 nitrogen and oxygen atoms in total. The third-order valence-electron chi connectivity index (χ3n) is 3.92. The number of rotatable bonds is 6. The number of nitrogen functional groups attached to an aromatic ring is 2. The molecule has 5 N–H and O–H groups in total. The Morgan fingerprint density at radius 3 is 1.46 bits per heavy atom. The lowest BCUT2D eigenvalue weighted by atomic mass is 10.0. The summed E-state index contributed by atoms with van der Waals surface area (Å²) in [4.78, 5) is 0. The second-order valence-corrected chi connectivity index (χ2v) is 6.23. The molecule has 2 unspecified atom stereocenters. The minimum absolute atomic E-state index is 0.503. The van der Waals surface area contributed by atoms with E-state index in [1.165, 1.54) is 11.1 Å². The smallest absolute Gasteiger partial charge is 0.0933 e. The van der Waals surface area contributed by atoms with Crippen LogP contribution in [0.5, 0.6) is 0 Å². The summed E-state index contributed by atoms with van der Waals surface area (Å²) in [6.45, 7) is 3.89. The van der Waals surface area contributed by atoms with Crippen molar-refractivity contribution in [3.63, 3.8) is 0 Å². The Kier molecular flexibility index (Phi) is 5.69. The van der Waals surface area contributed by atoms with E-state index in [1.807, 2.05) is 48.5 Å². The SMILES string of the molecule is C(NCC1CO1)C1CO1.Nc1ccc(Cc2ccc(N)cc2)cc1. The molecule has 2 atom stereocenters. The Hall–Kier alpha value is -2.08. The number of nitrogens with one attached hydrogen (secondary N) is 1. The lowest BCUT2D eigenvalue weighted by Gasteiger charge is -2.02. The monoisotopic (exact) mass is 327 g/mol. The summed E-state index contributed by atoms with van der Waals surface area (Å²) >= 11 is 0. The maximum absolute atomic E-state index is 5.62. The van der Waals surface area contributed by atoms with Crippen LogP contribution < -0.4 is 16.8 Å². The lowest BCUT2D eigenvalue weighted by molar-refractivity contribution is 0.373. The van der Waals surface area contributed by atoms with Crippen LogP contribution in [0.15, 0.2) is 48.5 Å². The molecule has 2 heterocycles. The molecule has 0 spiro atoms. The van der Waals surface area contributed by atoms with Crippen molar-refractivity contribution in [2.24, 2.45) is 0 Å². The minimum Gasteiger partial charge on any atom is -0.399 e. The fourth-order valence-electron chi connectivity index (χ4n) is 2.28. The summed E-state index contributed by atoms with van der Waals surface area (Å²) in [5.41, 5.74) is 15.4. The predicted octanol–water partition coefficient (Wildman–Crippen LogP) is 1.82. The van der Waals surface area contributed by atoms with Gasteiger partial charge in [-0.05, 0) is 41.8 Å². The number of benzene rings is 2. The second-order valence-electron chi connectivity index (χ2n) is 6.23. The fraction of sp³-hybridized carbons (Fsp3) is 0.368. The molecule has 2 aromatic rings. The van der Waals surface area contributed by atoms with Crippen molar-refractivity contribution < 1.29 is 9.47 Å². The first kappa shape index (κ1) is 16.8. The highest BCUT2D eigenvalue weighted by Crippen LogP contribution is 2.13. The van der Waals surface area contributed by atoms with E-state index in [-0.39, 0.29) is 0 Å². The van der Waals surface area contributed by atoms with Crippen molar-refractivity contribution in [2.45, 2.75) is 18.6 Å². The van der Waals surface area contributed by atoms with Gasteiger partial charge in [0.2, 0.25) is 0 Å². The fourth-order valence-corrected chi connectivity index (χ4v) is 2.28. The van der Waals surface area contributed by atoms with Crippen LogP contribution in [-0.2, 0) is 15.9 Å². The molecular weight excluding hydrogens is 302 g/mol. The molecule has 2 fully saturated rings. The summed E-state index contributed by atoms with van der Waals surface area (Å²) in [7, 11) is 0.